The molecule has 4 unspecified atom stereocenters. The molecule has 0 bridgehead atoms. The summed E-state index contributed by atoms with van der Waals surface area (Å²) in [5, 5.41) is 0. The Morgan fingerprint density at radius 3 is 2.07 bits per heavy atom. The molecule has 0 amide bonds. The highest BCUT2D eigenvalue weighted by Crippen LogP contribution is 2.21. The van der Waals surface area contributed by atoms with Gasteiger partial charge in [0.15, 0.2) is 11.9 Å². The van der Waals surface area contributed by atoms with Gasteiger partial charge in [0, 0.05) is 18.9 Å². The summed E-state index contributed by atoms with van der Waals surface area (Å²) < 4.78 is 16.8. The molecule has 156 valence electrons. The van der Waals surface area contributed by atoms with E-state index in [1.807, 2.05) is 43.3 Å². The monoisotopic (exact) mass is 398 g/mol. The van der Waals surface area contributed by atoms with Crippen molar-refractivity contribution in [3.63, 3.8) is 0 Å². The lowest BCUT2D eigenvalue weighted by Gasteiger charge is -2.29. The molecule has 2 aromatic carbocycles. The third-order valence-corrected chi connectivity index (χ3v) is 4.96. The van der Waals surface area contributed by atoms with Crippen LogP contribution in [0.4, 0.5) is 0 Å². The van der Waals surface area contributed by atoms with Crippen molar-refractivity contribution in [3.8, 4) is 0 Å². The zero-order valence-electron chi connectivity index (χ0n) is 17.5. The second-order valence-electron chi connectivity index (χ2n) is 7.28. The molecule has 0 aliphatic heterocycles. The molecule has 2 rings (SSSR count). The van der Waals surface area contributed by atoms with Crippen molar-refractivity contribution in [2.24, 2.45) is 11.8 Å². The van der Waals surface area contributed by atoms with Crippen LogP contribution in [-0.4, -0.2) is 37.7 Å². The molecular weight excluding hydrogens is 368 g/mol. The molecule has 4 atom stereocenters. The average Bonchev–Trinajstić information content (AvgIpc) is 2.74. The van der Waals surface area contributed by atoms with Gasteiger partial charge in [-0.1, -0.05) is 62.4 Å². The number of Topliss-reactive ketones (excluding diaryl/α,β-unsaturated/α-hetero) is 1. The normalized spacial score (nSPS) is 15.2. The Kier molecular flexibility index (Phi) is 9.03. The standard InChI is InChI=1S/C24H30O5/c1-17(15-28-16-20-11-7-5-8-12-20)23(27-4)18(2)22(25)19(3)29-24(26)21-13-9-6-10-14-21/h5-14,17-19,23H,15-16H2,1-4H3. The second-order valence-corrected chi connectivity index (χ2v) is 7.28. The van der Waals surface area contributed by atoms with Crippen LogP contribution in [0.1, 0.15) is 36.7 Å². The summed E-state index contributed by atoms with van der Waals surface area (Å²) in [7, 11) is 1.59. The smallest absolute Gasteiger partial charge is 0.338 e. The summed E-state index contributed by atoms with van der Waals surface area (Å²) in [5.41, 5.74) is 1.52. The van der Waals surface area contributed by atoms with Gasteiger partial charge in [0.25, 0.3) is 0 Å². The zero-order valence-corrected chi connectivity index (χ0v) is 17.5. The van der Waals surface area contributed by atoms with E-state index in [0.29, 0.717) is 18.8 Å². The van der Waals surface area contributed by atoms with Crippen molar-refractivity contribution >= 4 is 11.8 Å². The molecule has 0 aliphatic carbocycles. The molecule has 0 saturated heterocycles. The quantitative estimate of drug-likeness (QED) is 0.528. The van der Waals surface area contributed by atoms with Crippen molar-refractivity contribution in [2.75, 3.05) is 13.7 Å². The maximum Gasteiger partial charge on any atom is 0.338 e. The number of rotatable bonds is 11. The molecule has 0 radical (unpaired) electrons. The maximum absolute atomic E-state index is 12.8. The summed E-state index contributed by atoms with van der Waals surface area (Å²) in [6.07, 6.45) is -1.19. The largest absolute Gasteiger partial charge is 0.451 e. The van der Waals surface area contributed by atoms with Crippen LogP contribution in [0.25, 0.3) is 0 Å². The van der Waals surface area contributed by atoms with Crippen LogP contribution < -0.4 is 0 Å². The second kappa shape index (κ2) is 11.5. The van der Waals surface area contributed by atoms with E-state index in [1.165, 1.54) is 0 Å². The van der Waals surface area contributed by atoms with Gasteiger partial charge < -0.3 is 14.2 Å². The number of carbonyl (C=O) groups excluding carboxylic acids is 2. The van der Waals surface area contributed by atoms with Crippen LogP contribution >= 0.6 is 0 Å². The number of ether oxygens (including phenoxy) is 3. The Morgan fingerprint density at radius 1 is 0.897 bits per heavy atom. The molecule has 29 heavy (non-hydrogen) atoms. The molecule has 0 heterocycles. The fourth-order valence-corrected chi connectivity index (χ4v) is 3.35. The Labute approximate surface area is 173 Å². The van der Waals surface area contributed by atoms with E-state index in [1.54, 1.807) is 45.2 Å². The topological polar surface area (TPSA) is 61.8 Å². The third-order valence-electron chi connectivity index (χ3n) is 4.96. The minimum Gasteiger partial charge on any atom is -0.451 e. The first-order chi connectivity index (χ1) is 13.9. The molecule has 0 aromatic heterocycles. The van der Waals surface area contributed by atoms with E-state index in [0.717, 1.165) is 5.56 Å². The Bertz CT molecular complexity index is 759. The summed E-state index contributed by atoms with van der Waals surface area (Å²) >= 11 is 0. The minimum absolute atomic E-state index is 0.000290. The molecular formula is C24H30O5. The van der Waals surface area contributed by atoms with Gasteiger partial charge in [-0.15, -0.1) is 0 Å². The van der Waals surface area contributed by atoms with Crippen LogP contribution in [0.5, 0.6) is 0 Å². The van der Waals surface area contributed by atoms with Gasteiger partial charge in [0.2, 0.25) is 0 Å². The molecule has 0 N–H and O–H groups in total. The highest BCUT2D eigenvalue weighted by Gasteiger charge is 2.33. The van der Waals surface area contributed by atoms with Crippen LogP contribution in [-0.2, 0) is 25.6 Å². The predicted octanol–water partition coefficient (Wildman–Crippen LogP) is 4.31. The average molecular weight is 398 g/mol. The predicted molar refractivity (Wildman–Crippen MR) is 112 cm³/mol. The van der Waals surface area contributed by atoms with Crippen LogP contribution in [0, 0.1) is 11.8 Å². The van der Waals surface area contributed by atoms with E-state index in [2.05, 4.69) is 0 Å². The van der Waals surface area contributed by atoms with E-state index >= 15 is 0 Å². The van der Waals surface area contributed by atoms with Crippen LogP contribution in [0.2, 0.25) is 0 Å². The number of hydrogen-bond donors (Lipinski definition) is 0. The molecule has 0 fully saturated rings. The number of esters is 1. The van der Waals surface area contributed by atoms with Gasteiger partial charge in [-0.2, -0.15) is 0 Å². The van der Waals surface area contributed by atoms with Crippen molar-refractivity contribution in [1.82, 2.24) is 0 Å². The van der Waals surface area contributed by atoms with Gasteiger partial charge in [0.05, 0.1) is 24.9 Å². The Balaban J connectivity index is 1.88. The summed E-state index contributed by atoms with van der Waals surface area (Å²) in [5.74, 6) is -1.11. The van der Waals surface area contributed by atoms with Gasteiger partial charge in [-0.25, -0.2) is 4.79 Å². The molecule has 0 spiro atoms. The van der Waals surface area contributed by atoms with E-state index in [-0.39, 0.29) is 17.8 Å². The number of carbonyl (C=O) groups is 2. The first-order valence-electron chi connectivity index (χ1n) is 9.88. The Hall–Kier alpha value is -2.50. The lowest BCUT2D eigenvalue weighted by atomic mass is 9.88. The maximum atomic E-state index is 12.8. The zero-order chi connectivity index (χ0) is 21.2. The first kappa shape index (κ1) is 22.8. The summed E-state index contributed by atoms with van der Waals surface area (Å²) in [6.45, 7) is 6.36. The van der Waals surface area contributed by atoms with Gasteiger partial charge >= 0.3 is 5.97 Å². The third kappa shape index (κ3) is 6.80. The van der Waals surface area contributed by atoms with Gasteiger partial charge in [0.1, 0.15) is 0 Å². The molecule has 2 aromatic rings. The van der Waals surface area contributed by atoms with Crippen LogP contribution in [0.15, 0.2) is 60.7 Å². The van der Waals surface area contributed by atoms with Gasteiger partial charge in [-0.05, 0) is 24.6 Å². The molecule has 5 heteroatoms. The molecule has 0 aliphatic rings. The van der Waals surface area contributed by atoms with Crippen molar-refractivity contribution in [3.05, 3.63) is 71.8 Å². The highest BCUT2D eigenvalue weighted by molar-refractivity contribution is 5.93. The number of methoxy groups -OCH3 is 1. The SMILES string of the molecule is COC(C(C)COCc1ccccc1)C(C)C(=O)C(C)OC(=O)c1ccccc1. The fraction of sp³-hybridized carbons (Fsp3) is 0.417. The van der Waals surface area contributed by atoms with Crippen molar-refractivity contribution in [2.45, 2.75) is 39.6 Å². The molecule has 5 nitrogen and oxygen atoms in total. The van der Waals surface area contributed by atoms with E-state index < -0.39 is 18.0 Å². The van der Waals surface area contributed by atoms with E-state index in [4.69, 9.17) is 14.2 Å². The molecule has 0 saturated carbocycles. The number of benzene rings is 2. The number of hydrogen-bond acceptors (Lipinski definition) is 5. The summed E-state index contributed by atoms with van der Waals surface area (Å²) in [6, 6.07) is 18.6. The van der Waals surface area contributed by atoms with Crippen molar-refractivity contribution in [1.29, 1.82) is 0 Å². The minimum atomic E-state index is -0.854. The van der Waals surface area contributed by atoms with Gasteiger partial charge in [-0.3, -0.25) is 4.79 Å². The van der Waals surface area contributed by atoms with Crippen LogP contribution in [0.3, 0.4) is 0 Å². The lowest BCUT2D eigenvalue weighted by molar-refractivity contribution is -0.137. The fourth-order valence-electron chi connectivity index (χ4n) is 3.35. The highest BCUT2D eigenvalue weighted by atomic mass is 16.5. The van der Waals surface area contributed by atoms with E-state index in [9.17, 15) is 9.59 Å². The van der Waals surface area contributed by atoms with Crippen molar-refractivity contribution < 1.29 is 23.8 Å². The summed E-state index contributed by atoms with van der Waals surface area (Å²) in [4.78, 5) is 25.0. The first-order valence-corrected chi connectivity index (χ1v) is 9.88. The lowest BCUT2D eigenvalue weighted by Crippen LogP contribution is -2.40. The number of ketones is 1. The Morgan fingerprint density at radius 2 is 1.48 bits per heavy atom.